The van der Waals surface area contributed by atoms with Gasteiger partial charge in [-0.2, -0.15) is 0 Å². The van der Waals surface area contributed by atoms with E-state index in [2.05, 4.69) is 9.44 Å². The molecular weight excluding hydrogens is 432 g/mol. The van der Waals surface area contributed by atoms with Gasteiger partial charge in [0.2, 0.25) is 20.0 Å². The van der Waals surface area contributed by atoms with Gasteiger partial charge in [-0.1, -0.05) is 43.0 Å². The fraction of sp³-hybridized carbons (Fsp3) is 0.400. The molecule has 158 valence electrons. The van der Waals surface area contributed by atoms with Crippen LogP contribution in [0, 0.1) is 0 Å². The Morgan fingerprint density at radius 3 is 1.97 bits per heavy atom. The van der Waals surface area contributed by atoms with Crippen LogP contribution in [0.2, 0.25) is 5.02 Å². The second kappa shape index (κ2) is 9.57. The Morgan fingerprint density at radius 1 is 0.793 bits per heavy atom. The monoisotopic (exact) mass is 456 g/mol. The number of hydrogen-bond acceptors (Lipinski definition) is 4. The van der Waals surface area contributed by atoms with Crippen LogP contribution in [0.25, 0.3) is 0 Å². The van der Waals surface area contributed by atoms with Crippen LogP contribution in [-0.2, 0) is 26.5 Å². The van der Waals surface area contributed by atoms with Crippen molar-refractivity contribution in [1.29, 1.82) is 0 Å². The molecule has 2 aromatic rings. The van der Waals surface area contributed by atoms with E-state index in [4.69, 9.17) is 11.6 Å². The van der Waals surface area contributed by atoms with Crippen LogP contribution >= 0.6 is 11.6 Å². The quantitative estimate of drug-likeness (QED) is 0.636. The van der Waals surface area contributed by atoms with Gasteiger partial charge < -0.3 is 0 Å². The van der Waals surface area contributed by atoms with Crippen LogP contribution in [0.1, 0.15) is 37.7 Å². The average Bonchev–Trinajstić information content (AvgIpc) is 2.69. The Kier molecular flexibility index (Phi) is 7.34. The molecule has 0 aliphatic heterocycles. The molecule has 3 rings (SSSR count). The van der Waals surface area contributed by atoms with E-state index in [1.54, 1.807) is 24.3 Å². The summed E-state index contributed by atoms with van der Waals surface area (Å²) in [4.78, 5) is 0.380. The molecule has 1 fully saturated rings. The standard InChI is InChI=1S/C20H25ClN2O4S2/c21-17-8-12-19(13-9-17)28(24,25)22-15-14-16-6-10-20(11-7-16)29(26,27)23-18-4-2-1-3-5-18/h6-13,18,22-23H,1-5,14-15H2. The molecule has 0 bridgehead atoms. The van der Waals surface area contributed by atoms with Crippen molar-refractivity contribution in [3.05, 3.63) is 59.1 Å². The second-order valence-electron chi connectivity index (χ2n) is 7.20. The molecule has 0 radical (unpaired) electrons. The first-order valence-corrected chi connectivity index (χ1v) is 13.0. The molecule has 9 heteroatoms. The fourth-order valence-electron chi connectivity index (χ4n) is 3.37. The molecule has 2 aromatic carbocycles. The lowest BCUT2D eigenvalue weighted by Gasteiger charge is -2.22. The zero-order valence-corrected chi connectivity index (χ0v) is 18.4. The summed E-state index contributed by atoms with van der Waals surface area (Å²) < 4.78 is 54.9. The highest BCUT2D eigenvalue weighted by atomic mass is 35.5. The van der Waals surface area contributed by atoms with Gasteiger partial charge >= 0.3 is 0 Å². The first-order valence-electron chi connectivity index (χ1n) is 9.63. The summed E-state index contributed by atoms with van der Waals surface area (Å²) in [5, 5.41) is 0.469. The summed E-state index contributed by atoms with van der Waals surface area (Å²) in [5.41, 5.74) is 0.848. The van der Waals surface area contributed by atoms with E-state index in [9.17, 15) is 16.8 Å². The zero-order chi connectivity index (χ0) is 20.9. The third-order valence-electron chi connectivity index (χ3n) is 4.99. The maximum Gasteiger partial charge on any atom is 0.240 e. The molecule has 0 unspecified atom stereocenters. The topological polar surface area (TPSA) is 92.3 Å². The summed E-state index contributed by atoms with van der Waals surface area (Å²) in [6.07, 6.45) is 5.48. The predicted molar refractivity (Wildman–Crippen MR) is 114 cm³/mol. The van der Waals surface area contributed by atoms with Crippen LogP contribution in [-0.4, -0.2) is 29.4 Å². The Hall–Kier alpha value is -1.45. The van der Waals surface area contributed by atoms with Gasteiger partial charge in [0.1, 0.15) is 0 Å². The van der Waals surface area contributed by atoms with Crippen molar-refractivity contribution in [2.24, 2.45) is 0 Å². The van der Waals surface area contributed by atoms with E-state index in [0.717, 1.165) is 37.7 Å². The molecule has 0 atom stereocenters. The fourth-order valence-corrected chi connectivity index (χ4v) is 5.83. The summed E-state index contributed by atoms with van der Waals surface area (Å²) in [5.74, 6) is 0. The molecular formula is C20H25ClN2O4S2. The van der Waals surface area contributed by atoms with E-state index in [1.807, 2.05) is 0 Å². The smallest absolute Gasteiger partial charge is 0.211 e. The lowest BCUT2D eigenvalue weighted by molar-refractivity contribution is 0.412. The van der Waals surface area contributed by atoms with Crippen LogP contribution in [0.3, 0.4) is 0 Å². The molecule has 1 aliphatic rings. The van der Waals surface area contributed by atoms with Gasteiger partial charge in [0.05, 0.1) is 9.79 Å². The maximum atomic E-state index is 12.5. The Balaban J connectivity index is 1.55. The molecule has 1 saturated carbocycles. The average molecular weight is 457 g/mol. The van der Waals surface area contributed by atoms with Crippen LogP contribution in [0.15, 0.2) is 58.3 Å². The molecule has 2 N–H and O–H groups in total. The number of nitrogens with one attached hydrogen (secondary N) is 2. The highest BCUT2D eigenvalue weighted by Gasteiger charge is 2.21. The van der Waals surface area contributed by atoms with Gasteiger partial charge in [0.25, 0.3) is 0 Å². The molecule has 0 spiro atoms. The minimum absolute atomic E-state index is 0.00991. The number of sulfonamides is 2. The number of benzene rings is 2. The van der Waals surface area contributed by atoms with Crippen molar-refractivity contribution < 1.29 is 16.8 Å². The normalized spacial score (nSPS) is 16.0. The van der Waals surface area contributed by atoms with Gasteiger partial charge in [0, 0.05) is 17.6 Å². The largest absolute Gasteiger partial charge is 0.240 e. The van der Waals surface area contributed by atoms with Crippen LogP contribution in [0.4, 0.5) is 0 Å². The van der Waals surface area contributed by atoms with Crippen LogP contribution in [0.5, 0.6) is 0 Å². The van der Waals surface area contributed by atoms with E-state index < -0.39 is 20.0 Å². The third-order valence-corrected chi connectivity index (χ3v) is 8.26. The lowest BCUT2D eigenvalue weighted by Crippen LogP contribution is -2.36. The van der Waals surface area contributed by atoms with Gasteiger partial charge in [-0.15, -0.1) is 0 Å². The predicted octanol–water partition coefficient (Wildman–Crippen LogP) is 3.47. The van der Waals surface area contributed by atoms with E-state index >= 15 is 0 Å². The highest BCUT2D eigenvalue weighted by molar-refractivity contribution is 7.89. The van der Waals surface area contributed by atoms with Gasteiger partial charge in [-0.05, 0) is 61.2 Å². The highest BCUT2D eigenvalue weighted by Crippen LogP contribution is 2.20. The first kappa shape index (κ1) is 22.2. The van der Waals surface area contributed by atoms with E-state index in [-0.39, 0.29) is 22.4 Å². The molecule has 6 nitrogen and oxygen atoms in total. The lowest BCUT2D eigenvalue weighted by atomic mass is 9.96. The van der Waals surface area contributed by atoms with E-state index in [0.29, 0.717) is 11.4 Å². The van der Waals surface area contributed by atoms with Gasteiger partial charge in [0.15, 0.2) is 0 Å². The summed E-state index contributed by atoms with van der Waals surface area (Å²) in [7, 11) is -7.14. The van der Waals surface area contributed by atoms with Gasteiger partial charge in [-0.3, -0.25) is 0 Å². The number of rotatable bonds is 8. The number of halogens is 1. The first-order chi connectivity index (χ1) is 13.8. The second-order valence-corrected chi connectivity index (χ2v) is 11.1. The summed E-state index contributed by atoms with van der Waals surface area (Å²) in [6, 6.07) is 12.5. The maximum absolute atomic E-state index is 12.5. The minimum atomic E-state index is -3.61. The van der Waals surface area contributed by atoms with Crippen molar-refractivity contribution in [2.75, 3.05) is 6.54 Å². The third kappa shape index (κ3) is 6.26. The van der Waals surface area contributed by atoms with E-state index in [1.165, 1.54) is 24.3 Å². The molecule has 0 aromatic heterocycles. The van der Waals surface area contributed by atoms with Crippen molar-refractivity contribution in [1.82, 2.24) is 9.44 Å². The number of hydrogen-bond donors (Lipinski definition) is 2. The summed E-state index contributed by atoms with van der Waals surface area (Å²) in [6.45, 7) is 0.206. The SMILES string of the molecule is O=S(=O)(NCCc1ccc(S(=O)(=O)NC2CCCCC2)cc1)c1ccc(Cl)cc1. The molecule has 0 heterocycles. The molecule has 1 aliphatic carbocycles. The van der Waals surface area contributed by atoms with Crippen molar-refractivity contribution in [3.8, 4) is 0 Å². The molecule has 0 saturated heterocycles. The zero-order valence-electron chi connectivity index (χ0n) is 16.0. The van der Waals surface area contributed by atoms with Gasteiger partial charge in [-0.25, -0.2) is 26.3 Å². The minimum Gasteiger partial charge on any atom is -0.211 e. The molecule has 0 amide bonds. The Labute approximate surface area is 177 Å². The van der Waals surface area contributed by atoms with Crippen molar-refractivity contribution in [2.45, 2.75) is 54.4 Å². The Morgan fingerprint density at radius 2 is 1.34 bits per heavy atom. The Bertz CT molecular complexity index is 1020. The molecule has 29 heavy (non-hydrogen) atoms. The van der Waals surface area contributed by atoms with Crippen LogP contribution < -0.4 is 9.44 Å². The summed E-state index contributed by atoms with van der Waals surface area (Å²) >= 11 is 5.78. The van der Waals surface area contributed by atoms with Crippen molar-refractivity contribution >= 4 is 31.6 Å². The van der Waals surface area contributed by atoms with Crippen molar-refractivity contribution in [3.63, 3.8) is 0 Å².